The summed E-state index contributed by atoms with van der Waals surface area (Å²) in [6, 6.07) is 7.28. The lowest BCUT2D eigenvalue weighted by Gasteiger charge is -2.29. The number of rotatable bonds is 11. The normalized spacial score (nSPS) is 11.9. The summed E-state index contributed by atoms with van der Waals surface area (Å²) in [6.45, 7) is 3.78. The number of nitrogens with zero attached hydrogens (tertiary/aromatic N) is 2. The first-order valence-electron chi connectivity index (χ1n) is 7.99. The summed E-state index contributed by atoms with van der Waals surface area (Å²) < 4.78 is 3.10. The van der Waals surface area contributed by atoms with Gasteiger partial charge in [0.1, 0.15) is 0 Å². The maximum Gasteiger partial charge on any atom is 0.294 e. The quantitative estimate of drug-likeness (QED) is 0.267. The van der Waals surface area contributed by atoms with E-state index in [0.29, 0.717) is 0 Å². The molecule has 1 amide bonds. The van der Waals surface area contributed by atoms with E-state index in [1.54, 1.807) is 4.90 Å². The van der Waals surface area contributed by atoms with Gasteiger partial charge in [-0.15, -0.1) is 10.1 Å². The molecule has 0 saturated carbocycles. The Hall–Kier alpha value is -2.00. The molecule has 0 spiro atoms. The number of aliphatic hydroxyl groups is 1. The van der Waals surface area contributed by atoms with Crippen LogP contribution in [0.1, 0.15) is 38.4 Å². The van der Waals surface area contributed by atoms with Crippen molar-refractivity contribution in [2.45, 2.75) is 38.8 Å². The predicted octanol–water partition coefficient (Wildman–Crippen LogP) is 2.64. The maximum atomic E-state index is 12.3. The van der Waals surface area contributed by atoms with Crippen LogP contribution in [-0.2, 0) is 9.63 Å². The first-order chi connectivity index (χ1) is 11.8. The lowest BCUT2D eigenvalue weighted by Crippen LogP contribution is -2.40. The van der Waals surface area contributed by atoms with Gasteiger partial charge in [-0.25, -0.2) is 0 Å². The van der Waals surface area contributed by atoms with Crippen molar-refractivity contribution in [1.82, 2.24) is 4.90 Å². The molecule has 140 valence electrons. The number of aliphatic hydroxyl groups excluding tert-OH is 1. The summed E-state index contributed by atoms with van der Waals surface area (Å²) in [5.41, 5.74) is 1.66. The third-order valence-electron chi connectivity index (χ3n) is 3.56. The molecule has 0 bridgehead atoms. The molecule has 0 fully saturated rings. The molecule has 0 heterocycles. The zero-order chi connectivity index (χ0) is 18.8. The Bertz CT molecular complexity index is 553. The molecule has 1 unspecified atom stereocenters. The Labute approximate surface area is 151 Å². The molecule has 0 saturated heterocycles. The average Bonchev–Trinajstić information content (AvgIpc) is 2.56. The molecule has 1 atom stereocenters. The van der Waals surface area contributed by atoms with Crippen LogP contribution in [-0.4, -0.2) is 46.4 Å². The number of amides is 1. The van der Waals surface area contributed by atoms with Crippen LogP contribution in [0.3, 0.4) is 0 Å². The van der Waals surface area contributed by atoms with E-state index < -0.39 is 11.2 Å². The van der Waals surface area contributed by atoms with Crippen molar-refractivity contribution in [1.29, 1.82) is 0 Å². The van der Waals surface area contributed by atoms with E-state index in [2.05, 4.69) is 9.56 Å². The van der Waals surface area contributed by atoms with Gasteiger partial charge in [-0.05, 0) is 38.0 Å². The van der Waals surface area contributed by atoms with E-state index in [4.69, 9.17) is 0 Å². The topological polar surface area (TPSA) is 105 Å². The second-order valence-electron chi connectivity index (χ2n) is 5.74. The van der Waals surface area contributed by atoms with Crippen molar-refractivity contribution < 1.29 is 19.8 Å². The van der Waals surface area contributed by atoms with Crippen LogP contribution in [0, 0.1) is 10.1 Å². The number of hydrogen-bond donors (Lipinski definition) is 2. The van der Waals surface area contributed by atoms with Crippen LogP contribution in [0.2, 0.25) is 0 Å². The molecule has 25 heavy (non-hydrogen) atoms. The Morgan fingerprint density at radius 3 is 2.56 bits per heavy atom. The highest BCUT2D eigenvalue weighted by Gasteiger charge is 2.21. The van der Waals surface area contributed by atoms with Gasteiger partial charge in [-0.3, -0.25) is 4.79 Å². The number of benzene rings is 1. The van der Waals surface area contributed by atoms with Crippen molar-refractivity contribution in [3.8, 4) is 0 Å². The summed E-state index contributed by atoms with van der Waals surface area (Å²) in [5, 5.41) is 19.7. The van der Waals surface area contributed by atoms with Crippen LogP contribution in [0.4, 0.5) is 5.69 Å². The molecule has 0 aromatic heterocycles. The second-order valence-corrected chi connectivity index (χ2v) is 6.36. The van der Waals surface area contributed by atoms with Crippen LogP contribution in [0.25, 0.3) is 0 Å². The Balaban J connectivity index is 2.60. The van der Waals surface area contributed by atoms with Crippen LogP contribution >= 0.6 is 11.9 Å². The van der Waals surface area contributed by atoms with Gasteiger partial charge in [0.25, 0.3) is 5.09 Å². The molecule has 1 rings (SSSR count). The number of carbonyl (C=O) groups excluding carboxylic acids is 1. The van der Waals surface area contributed by atoms with E-state index in [1.165, 1.54) is 11.9 Å². The average molecular weight is 371 g/mol. The molecule has 1 aromatic rings. The van der Waals surface area contributed by atoms with Crippen LogP contribution < -0.4 is 4.72 Å². The molecular formula is C16H25N3O5S. The predicted molar refractivity (Wildman–Crippen MR) is 97.6 cm³/mol. The van der Waals surface area contributed by atoms with E-state index in [1.807, 2.05) is 44.4 Å². The smallest absolute Gasteiger partial charge is 0.294 e. The van der Waals surface area contributed by atoms with Gasteiger partial charge in [-0.1, -0.05) is 24.1 Å². The van der Waals surface area contributed by atoms with E-state index in [-0.39, 0.29) is 37.9 Å². The fourth-order valence-electron chi connectivity index (χ4n) is 2.29. The minimum Gasteiger partial charge on any atom is -0.387 e. The SMILES string of the molecule is CSNc1ccc(C(O)CN(C(=O)CCCO[N+](=O)[O-])C(C)C)cc1. The van der Waals surface area contributed by atoms with Gasteiger partial charge in [-0.2, -0.15) is 0 Å². The Morgan fingerprint density at radius 2 is 2.04 bits per heavy atom. The molecule has 0 aliphatic heterocycles. The molecule has 0 radical (unpaired) electrons. The second kappa shape index (κ2) is 10.8. The molecule has 0 aliphatic carbocycles. The molecular weight excluding hydrogens is 346 g/mol. The fraction of sp³-hybridized carbons (Fsp3) is 0.562. The summed E-state index contributed by atoms with van der Waals surface area (Å²) in [7, 11) is 0. The van der Waals surface area contributed by atoms with Crippen LogP contribution in [0.15, 0.2) is 24.3 Å². The number of nitrogens with one attached hydrogen (secondary N) is 1. The monoisotopic (exact) mass is 371 g/mol. The van der Waals surface area contributed by atoms with Gasteiger partial charge >= 0.3 is 0 Å². The molecule has 0 aliphatic rings. The summed E-state index contributed by atoms with van der Waals surface area (Å²) in [5.74, 6) is -0.165. The zero-order valence-corrected chi connectivity index (χ0v) is 15.5. The Morgan fingerprint density at radius 1 is 1.40 bits per heavy atom. The highest BCUT2D eigenvalue weighted by Crippen LogP contribution is 2.20. The highest BCUT2D eigenvalue weighted by molar-refractivity contribution is 7.99. The van der Waals surface area contributed by atoms with Crippen molar-refractivity contribution in [3.05, 3.63) is 39.9 Å². The number of carbonyl (C=O) groups is 1. The van der Waals surface area contributed by atoms with Crippen molar-refractivity contribution in [2.24, 2.45) is 0 Å². The third kappa shape index (κ3) is 7.61. The van der Waals surface area contributed by atoms with E-state index in [9.17, 15) is 20.0 Å². The number of hydrogen-bond acceptors (Lipinski definition) is 7. The van der Waals surface area contributed by atoms with Gasteiger partial charge in [0.15, 0.2) is 0 Å². The molecule has 1 aromatic carbocycles. The van der Waals surface area contributed by atoms with Crippen LogP contribution in [0.5, 0.6) is 0 Å². The molecule has 2 N–H and O–H groups in total. The summed E-state index contributed by atoms with van der Waals surface area (Å²) in [4.78, 5) is 28.2. The highest BCUT2D eigenvalue weighted by atomic mass is 32.2. The van der Waals surface area contributed by atoms with Gasteiger partial charge in [0, 0.05) is 24.4 Å². The standard InChI is InChI=1S/C16H25N3O5S/c1-12(2)18(16(21)5-4-10-24-19(22)23)11-15(20)13-6-8-14(9-7-13)17-25-3/h6-9,12,15,17,20H,4-5,10-11H2,1-3H3. The van der Waals surface area contributed by atoms with Gasteiger partial charge in [0.2, 0.25) is 5.91 Å². The zero-order valence-electron chi connectivity index (χ0n) is 14.7. The van der Waals surface area contributed by atoms with E-state index >= 15 is 0 Å². The molecule has 8 nitrogen and oxygen atoms in total. The van der Waals surface area contributed by atoms with Crippen molar-refractivity contribution in [3.63, 3.8) is 0 Å². The summed E-state index contributed by atoms with van der Waals surface area (Å²) in [6.07, 6.45) is 1.51. The third-order valence-corrected chi connectivity index (χ3v) is 4.00. The fourth-order valence-corrected chi connectivity index (χ4v) is 2.66. The number of anilines is 1. The lowest BCUT2D eigenvalue weighted by atomic mass is 10.1. The lowest BCUT2D eigenvalue weighted by molar-refractivity contribution is -0.757. The van der Waals surface area contributed by atoms with Crippen molar-refractivity contribution >= 4 is 23.5 Å². The van der Waals surface area contributed by atoms with Gasteiger partial charge in [0.05, 0.1) is 19.3 Å². The largest absolute Gasteiger partial charge is 0.387 e. The Kier molecular flexibility index (Phi) is 9.07. The summed E-state index contributed by atoms with van der Waals surface area (Å²) >= 11 is 1.48. The first kappa shape index (κ1) is 21.0. The van der Waals surface area contributed by atoms with Crippen molar-refractivity contribution in [2.75, 3.05) is 24.1 Å². The first-order valence-corrected chi connectivity index (χ1v) is 9.21. The molecule has 9 heteroatoms. The minimum absolute atomic E-state index is 0.0870. The minimum atomic E-state index is -0.871. The van der Waals surface area contributed by atoms with Gasteiger partial charge < -0.3 is 19.6 Å². The maximum absolute atomic E-state index is 12.3. The van der Waals surface area contributed by atoms with E-state index in [0.717, 1.165) is 11.3 Å².